The van der Waals surface area contributed by atoms with Gasteiger partial charge in [0.05, 0.1) is 5.69 Å². The molecule has 0 saturated heterocycles. The van der Waals surface area contributed by atoms with Crippen LogP contribution in [-0.4, -0.2) is 4.98 Å². The molecule has 2 nitrogen and oxygen atoms in total. The van der Waals surface area contributed by atoms with E-state index in [2.05, 4.69) is 10.3 Å². The largest absolute Gasteiger partial charge is 0.305 e. The van der Waals surface area contributed by atoms with Crippen LogP contribution in [0.25, 0.3) is 0 Å². The van der Waals surface area contributed by atoms with Gasteiger partial charge in [0.2, 0.25) is 0 Å². The lowest BCUT2D eigenvalue weighted by Gasteiger charge is -2.14. The number of hydrogen-bond donors (Lipinski definition) is 1. The van der Waals surface area contributed by atoms with Crippen molar-refractivity contribution in [1.29, 1.82) is 0 Å². The van der Waals surface area contributed by atoms with Crippen LogP contribution in [0.4, 0.5) is 8.78 Å². The summed E-state index contributed by atoms with van der Waals surface area (Å²) in [5.74, 6) is -1.64. The number of halogens is 2. The summed E-state index contributed by atoms with van der Waals surface area (Å²) in [4.78, 5) is 4.28. The van der Waals surface area contributed by atoms with Gasteiger partial charge < -0.3 is 5.32 Å². The molecule has 4 heteroatoms. The minimum absolute atomic E-state index is 0.0711. The minimum Gasteiger partial charge on any atom is -0.305 e. The fourth-order valence-corrected chi connectivity index (χ4v) is 1.76. The molecule has 100 valence electrons. The fourth-order valence-electron chi connectivity index (χ4n) is 1.76. The molecule has 1 unspecified atom stereocenters. The summed E-state index contributed by atoms with van der Waals surface area (Å²) in [5.41, 5.74) is 2.74. The van der Waals surface area contributed by atoms with Crippen LogP contribution >= 0.6 is 0 Å². The summed E-state index contributed by atoms with van der Waals surface area (Å²) in [7, 11) is 0. The summed E-state index contributed by atoms with van der Waals surface area (Å²) in [6, 6.07) is 7.81. The highest BCUT2D eigenvalue weighted by Crippen LogP contribution is 2.16. The first-order valence-electron chi connectivity index (χ1n) is 6.16. The van der Waals surface area contributed by atoms with Gasteiger partial charge in [0.15, 0.2) is 11.6 Å². The second-order valence-electron chi connectivity index (χ2n) is 4.60. The summed E-state index contributed by atoms with van der Waals surface area (Å²) < 4.78 is 26.0. The standard InChI is InChI=1S/C15H16F2N2/c1-10-3-5-13(19-8-10)9-18-11(2)12-4-6-14(16)15(17)7-12/h3-8,11,18H,9H2,1-2H3. The predicted molar refractivity (Wildman–Crippen MR) is 70.6 cm³/mol. The molecule has 0 saturated carbocycles. The smallest absolute Gasteiger partial charge is 0.159 e. The van der Waals surface area contributed by atoms with Crippen molar-refractivity contribution in [1.82, 2.24) is 10.3 Å². The molecular formula is C15H16F2N2. The molecule has 1 N–H and O–H groups in total. The summed E-state index contributed by atoms with van der Waals surface area (Å²) in [5, 5.41) is 3.23. The van der Waals surface area contributed by atoms with E-state index in [4.69, 9.17) is 0 Å². The average Bonchev–Trinajstić information content (AvgIpc) is 2.41. The number of nitrogens with one attached hydrogen (secondary N) is 1. The first-order valence-corrected chi connectivity index (χ1v) is 6.16. The molecule has 0 radical (unpaired) electrons. The van der Waals surface area contributed by atoms with Crippen molar-refractivity contribution >= 4 is 0 Å². The molecule has 19 heavy (non-hydrogen) atoms. The van der Waals surface area contributed by atoms with Gasteiger partial charge in [0, 0.05) is 18.8 Å². The Balaban J connectivity index is 1.98. The monoisotopic (exact) mass is 262 g/mol. The summed E-state index contributed by atoms with van der Waals surface area (Å²) in [6.07, 6.45) is 1.80. The number of aromatic nitrogens is 1. The summed E-state index contributed by atoms with van der Waals surface area (Å²) >= 11 is 0. The number of rotatable bonds is 4. The average molecular weight is 262 g/mol. The van der Waals surface area contributed by atoms with Crippen LogP contribution < -0.4 is 5.32 Å². The second kappa shape index (κ2) is 5.89. The molecule has 0 aliphatic carbocycles. The SMILES string of the molecule is Cc1ccc(CNC(C)c2ccc(F)c(F)c2)nc1. The Morgan fingerprint density at radius 3 is 2.58 bits per heavy atom. The number of hydrogen-bond acceptors (Lipinski definition) is 2. The van der Waals surface area contributed by atoms with E-state index in [-0.39, 0.29) is 6.04 Å². The third-order valence-corrected chi connectivity index (χ3v) is 3.01. The van der Waals surface area contributed by atoms with Gasteiger partial charge in [-0.05, 0) is 43.2 Å². The van der Waals surface area contributed by atoms with Crippen LogP contribution in [0.5, 0.6) is 0 Å². The van der Waals surface area contributed by atoms with E-state index in [9.17, 15) is 8.78 Å². The molecule has 2 rings (SSSR count). The van der Waals surface area contributed by atoms with E-state index in [0.717, 1.165) is 17.3 Å². The Bertz CT molecular complexity index is 553. The second-order valence-corrected chi connectivity index (χ2v) is 4.60. The number of aryl methyl sites for hydroxylation is 1. The van der Waals surface area contributed by atoms with Crippen molar-refractivity contribution in [2.75, 3.05) is 0 Å². The Morgan fingerprint density at radius 1 is 1.16 bits per heavy atom. The Labute approximate surface area is 111 Å². The highest BCUT2D eigenvalue weighted by atomic mass is 19.2. The Hall–Kier alpha value is -1.81. The van der Waals surface area contributed by atoms with Crippen LogP contribution in [0.1, 0.15) is 29.8 Å². The van der Waals surface area contributed by atoms with Crippen molar-refractivity contribution in [3.05, 3.63) is 65.0 Å². The van der Waals surface area contributed by atoms with Crippen molar-refractivity contribution in [2.24, 2.45) is 0 Å². The molecular weight excluding hydrogens is 246 g/mol. The van der Waals surface area contributed by atoms with Crippen LogP contribution in [0, 0.1) is 18.6 Å². The van der Waals surface area contributed by atoms with Gasteiger partial charge in [-0.15, -0.1) is 0 Å². The zero-order valence-electron chi connectivity index (χ0n) is 11.0. The molecule has 0 spiro atoms. The first kappa shape index (κ1) is 13.6. The molecule has 2 aromatic rings. The highest BCUT2D eigenvalue weighted by molar-refractivity contribution is 5.21. The molecule has 0 aliphatic rings. The lowest BCUT2D eigenvalue weighted by atomic mass is 10.1. The molecule has 1 aromatic heterocycles. The van der Waals surface area contributed by atoms with Gasteiger partial charge in [-0.3, -0.25) is 4.98 Å². The molecule has 0 amide bonds. The van der Waals surface area contributed by atoms with Gasteiger partial charge in [0.1, 0.15) is 0 Å². The van der Waals surface area contributed by atoms with Crippen molar-refractivity contribution < 1.29 is 8.78 Å². The van der Waals surface area contributed by atoms with E-state index < -0.39 is 11.6 Å². The fraction of sp³-hybridized carbons (Fsp3) is 0.267. The minimum atomic E-state index is -0.823. The van der Waals surface area contributed by atoms with Crippen molar-refractivity contribution in [3.63, 3.8) is 0 Å². The Kier molecular flexibility index (Phi) is 4.22. The van der Waals surface area contributed by atoms with Gasteiger partial charge in [-0.2, -0.15) is 0 Å². The lowest BCUT2D eigenvalue weighted by Crippen LogP contribution is -2.19. The zero-order valence-corrected chi connectivity index (χ0v) is 11.0. The van der Waals surface area contributed by atoms with Gasteiger partial charge in [-0.25, -0.2) is 8.78 Å². The maximum atomic E-state index is 13.1. The van der Waals surface area contributed by atoms with Crippen LogP contribution in [0.2, 0.25) is 0 Å². The lowest BCUT2D eigenvalue weighted by molar-refractivity contribution is 0.500. The van der Waals surface area contributed by atoms with Crippen LogP contribution in [0.15, 0.2) is 36.5 Å². The van der Waals surface area contributed by atoms with Crippen LogP contribution in [-0.2, 0) is 6.54 Å². The molecule has 0 fully saturated rings. The molecule has 1 aromatic carbocycles. The molecule has 1 heterocycles. The first-order chi connectivity index (χ1) is 9.06. The number of pyridine rings is 1. The van der Waals surface area contributed by atoms with Crippen LogP contribution in [0.3, 0.4) is 0 Å². The van der Waals surface area contributed by atoms with E-state index in [1.165, 1.54) is 6.07 Å². The predicted octanol–water partition coefficient (Wildman–Crippen LogP) is 3.52. The maximum Gasteiger partial charge on any atom is 0.159 e. The summed E-state index contributed by atoms with van der Waals surface area (Å²) in [6.45, 7) is 4.47. The normalized spacial score (nSPS) is 12.4. The zero-order chi connectivity index (χ0) is 13.8. The molecule has 1 atom stereocenters. The Morgan fingerprint density at radius 2 is 1.95 bits per heavy atom. The van der Waals surface area contributed by atoms with Crippen molar-refractivity contribution in [2.45, 2.75) is 26.4 Å². The van der Waals surface area contributed by atoms with Gasteiger partial charge >= 0.3 is 0 Å². The van der Waals surface area contributed by atoms with E-state index in [0.29, 0.717) is 12.1 Å². The van der Waals surface area contributed by atoms with Gasteiger partial charge in [0.25, 0.3) is 0 Å². The maximum absolute atomic E-state index is 13.1. The quantitative estimate of drug-likeness (QED) is 0.912. The third kappa shape index (κ3) is 3.58. The van der Waals surface area contributed by atoms with E-state index in [1.54, 1.807) is 12.3 Å². The van der Waals surface area contributed by atoms with E-state index >= 15 is 0 Å². The topological polar surface area (TPSA) is 24.9 Å². The molecule has 0 aliphatic heterocycles. The highest BCUT2D eigenvalue weighted by Gasteiger charge is 2.09. The van der Waals surface area contributed by atoms with Gasteiger partial charge in [-0.1, -0.05) is 12.1 Å². The van der Waals surface area contributed by atoms with Crippen molar-refractivity contribution in [3.8, 4) is 0 Å². The number of nitrogens with zero attached hydrogens (tertiary/aromatic N) is 1. The van der Waals surface area contributed by atoms with E-state index in [1.807, 2.05) is 26.0 Å². The molecule has 0 bridgehead atoms. The number of benzene rings is 1. The third-order valence-electron chi connectivity index (χ3n) is 3.01.